The van der Waals surface area contributed by atoms with Crippen molar-refractivity contribution in [1.82, 2.24) is 5.32 Å². The number of rotatable bonds is 8. The van der Waals surface area contributed by atoms with Gasteiger partial charge in [-0.25, -0.2) is 0 Å². The molecule has 0 aromatic rings. The predicted molar refractivity (Wildman–Crippen MR) is 68.1 cm³/mol. The Balaban J connectivity index is 3.81. The second-order valence-corrected chi connectivity index (χ2v) is 5.70. The van der Waals surface area contributed by atoms with Crippen LogP contribution >= 0.6 is 11.8 Å². The van der Waals surface area contributed by atoms with Crippen LogP contribution < -0.4 is 11.1 Å². The third kappa shape index (κ3) is 7.68. The fourth-order valence-electron chi connectivity index (χ4n) is 1.22. The molecule has 15 heavy (non-hydrogen) atoms. The van der Waals surface area contributed by atoms with Crippen LogP contribution in [0.1, 0.15) is 40.5 Å². The van der Waals surface area contributed by atoms with E-state index in [9.17, 15) is 4.79 Å². The number of nitrogens with two attached hydrogens (primary N) is 1. The highest BCUT2D eigenvalue weighted by Crippen LogP contribution is 2.15. The van der Waals surface area contributed by atoms with Gasteiger partial charge in [-0.05, 0) is 18.6 Å². The summed E-state index contributed by atoms with van der Waals surface area (Å²) in [6, 6.07) is 0.123. The molecule has 3 N–H and O–H groups in total. The maximum atomic E-state index is 11.1. The molecule has 0 bridgehead atoms. The van der Waals surface area contributed by atoms with E-state index in [1.54, 1.807) is 0 Å². The van der Waals surface area contributed by atoms with Gasteiger partial charge in [0.25, 0.3) is 0 Å². The van der Waals surface area contributed by atoms with Crippen LogP contribution in [0.2, 0.25) is 0 Å². The van der Waals surface area contributed by atoms with Gasteiger partial charge >= 0.3 is 0 Å². The van der Waals surface area contributed by atoms with Gasteiger partial charge in [-0.1, -0.05) is 27.7 Å². The fraction of sp³-hybridized carbons (Fsp3) is 0.909. The van der Waals surface area contributed by atoms with Crippen LogP contribution in [-0.4, -0.2) is 29.0 Å². The maximum absolute atomic E-state index is 11.1. The Hall–Kier alpha value is -0.220. The number of nitrogens with one attached hydrogen (secondary N) is 1. The van der Waals surface area contributed by atoms with Crippen molar-refractivity contribution in [3.05, 3.63) is 0 Å². The molecule has 0 saturated carbocycles. The molecule has 0 spiro atoms. The zero-order valence-corrected chi connectivity index (χ0v) is 11.1. The number of carbonyl (C=O) groups is 1. The Morgan fingerprint density at radius 2 is 2.00 bits per heavy atom. The molecule has 3 nitrogen and oxygen atoms in total. The molecule has 0 aromatic heterocycles. The first-order chi connectivity index (χ1) is 6.97. The SMILES string of the molecule is CCC(C)SCCC(NC(C)C)C(N)=O. The molecule has 1 amide bonds. The molecule has 2 atom stereocenters. The second kappa shape index (κ2) is 7.99. The standard InChI is InChI=1S/C11H24N2OS/c1-5-9(4)15-7-6-10(11(12)14)13-8(2)3/h8-10,13H,5-7H2,1-4H3,(H2,12,14). The molecule has 2 unspecified atom stereocenters. The van der Waals surface area contributed by atoms with Crippen molar-refractivity contribution in [2.45, 2.75) is 57.9 Å². The third-order valence-electron chi connectivity index (χ3n) is 2.26. The van der Waals surface area contributed by atoms with Gasteiger partial charge < -0.3 is 11.1 Å². The first-order valence-electron chi connectivity index (χ1n) is 5.64. The Morgan fingerprint density at radius 1 is 1.40 bits per heavy atom. The summed E-state index contributed by atoms with van der Waals surface area (Å²) in [5.41, 5.74) is 5.32. The van der Waals surface area contributed by atoms with E-state index in [-0.39, 0.29) is 11.9 Å². The summed E-state index contributed by atoms with van der Waals surface area (Å²) in [6.07, 6.45) is 1.99. The number of hydrogen-bond acceptors (Lipinski definition) is 3. The summed E-state index contributed by atoms with van der Waals surface area (Å²) in [7, 11) is 0. The van der Waals surface area contributed by atoms with Crippen LogP contribution in [0.5, 0.6) is 0 Å². The summed E-state index contributed by atoms with van der Waals surface area (Å²) in [6.45, 7) is 8.44. The van der Waals surface area contributed by atoms with Gasteiger partial charge in [0.2, 0.25) is 5.91 Å². The van der Waals surface area contributed by atoms with Crippen molar-refractivity contribution in [3.63, 3.8) is 0 Å². The maximum Gasteiger partial charge on any atom is 0.234 e. The highest BCUT2D eigenvalue weighted by atomic mass is 32.2. The van der Waals surface area contributed by atoms with Gasteiger partial charge in [0.05, 0.1) is 6.04 Å². The molecular weight excluding hydrogens is 208 g/mol. The van der Waals surface area contributed by atoms with Crippen molar-refractivity contribution in [2.75, 3.05) is 5.75 Å². The third-order valence-corrected chi connectivity index (χ3v) is 3.64. The van der Waals surface area contributed by atoms with Crippen molar-refractivity contribution < 1.29 is 4.79 Å². The summed E-state index contributed by atoms with van der Waals surface area (Å²) in [5.74, 6) is 0.746. The van der Waals surface area contributed by atoms with Crippen LogP contribution in [0.4, 0.5) is 0 Å². The highest BCUT2D eigenvalue weighted by Gasteiger charge is 2.15. The lowest BCUT2D eigenvalue weighted by molar-refractivity contribution is -0.120. The van der Waals surface area contributed by atoms with E-state index >= 15 is 0 Å². The molecule has 0 saturated heterocycles. The van der Waals surface area contributed by atoms with E-state index < -0.39 is 0 Å². The molecule has 0 heterocycles. The number of carbonyl (C=O) groups excluding carboxylic acids is 1. The monoisotopic (exact) mass is 232 g/mol. The summed E-state index contributed by atoms with van der Waals surface area (Å²) < 4.78 is 0. The molecule has 0 radical (unpaired) electrons. The van der Waals surface area contributed by atoms with Crippen molar-refractivity contribution in [2.24, 2.45) is 5.73 Å². The molecule has 0 aliphatic carbocycles. The van der Waals surface area contributed by atoms with E-state index in [2.05, 4.69) is 19.2 Å². The van der Waals surface area contributed by atoms with E-state index in [4.69, 9.17) is 5.73 Å². The lowest BCUT2D eigenvalue weighted by Gasteiger charge is -2.18. The van der Waals surface area contributed by atoms with Gasteiger partial charge in [-0.2, -0.15) is 11.8 Å². The average molecular weight is 232 g/mol. The minimum Gasteiger partial charge on any atom is -0.368 e. The predicted octanol–water partition coefficient (Wildman–Crippen LogP) is 1.76. The van der Waals surface area contributed by atoms with E-state index in [1.807, 2.05) is 25.6 Å². The first kappa shape index (κ1) is 14.8. The normalized spacial score (nSPS) is 15.3. The van der Waals surface area contributed by atoms with Crippen LogP contribution in [-0.2, 0) is 4.79 Å². The molecule has 0 fully saturated rings. The smallest absolute Gasteiger partial charge is 0.234 e. The zero-order chi connectivity index (χ0) is 11.8. The van der Waals surface area contributed by atoms with Gasteiger partial charge in [-0.3, -0.25) is 4.79 Å². The second-order valence-electron chi connectivity index (χ2n) is 4.15. The Bertz CT molecular complexity index is 185. The van der Waals surface area contributed by atoms with Gasteiger partial charge in [-0.15, -0.1) is 0 Å². The van der Waals surface area contributed by atoms with Crippen molar-refractivity contribution in [1.29, 1.82) is 0 Å². The van der Waals surface area contributed by atoms with Gasteiger partial charge in [0.1, 0.15) is 0 Å². The summed E-state index contributed by atoms with van der Waals surface area (Å²) in [5, 5.41) is 3.85. The zero-order valence-electron chi connectivity index (χ0n) is 10.2. The Labute approximate surface area is 97.6 Å². The Morgan fingerprint density at radius 3 is 2.40 bits per heavy atom. The molecular formula is C11H24N2OS. The topological polar surface area (TPSA) is 55.1 Å². The van der Waals surface area contributed by atoms with Crippen molar-refractivity contribution >= 4 is 17.7 Å². The van der Waals surface area contributed by atoms with E-state index in [1.165, 1.54) is 6.42 Å². The fourth-order valence-corrected chi connectivity index (χ4v) is 2.22. The molecule has 0 aliphatic heterocycles. The minimum atomic E-state index is -0.242. The van der Waals surface area contributed by atoms with Gasteiger partial charge in [0.15, 0.2) is 0 Å². The number of primary amides is 1. The lowest BCUT2D eigenvalue weighted by atomic mass is 10.2. The molecule has 90 valence electrons. The molecule has 0 rings (SSSR count). The van der Waals surface area contributed by atoms with Crippen LogP contribution in [0.3, 0.4) is 0 Å². The first-order valence-corrected chi connectivity index (χ1v) is 6.69. The van der Waals surface area contributed by atoms with Crippen molar-refractivity contribution in [3.8, 4) is 0 Å². The van der Waals surface area contributed by atoms with Crippen LogP contribution in [0, 0.1) is 0 Å². The average Bonchev–Trinajstić information content (AvgIpc) is 2.15. The molecule has 0 aliphatic rings. The summed E-state index contributed by atoms with van der Waals surface area (Å²) in [4.78, 5) is 11.1. The quantitative estimate of drug-likeness (QED) is 0.670. The largest absolute Gasteiger partial charge is 0.368 e. The number of hydrogen-bond donors (Lipinski definition) is 2. The Kier molecular flexibility index (Phi) is 7.88. The molecule has 0 aromatic carbocycles. The lowest BCUT2D eigenvalue weighted by Crippen LogP contribution is -2.44. The summed E-state index contributed by atoms with van der Waals surface area (Å²) >= 11 is 1.90. The molecule has 4 heteroatoms. The van der Waals surface area contributed by atoms with E-state index in [0.717, 1.165) is 12.2 Å². The van der Waals surface area contributed by atoms with Crippen LogP contribution in [0.15, 0.2) is 0 Å². The number of amides is 1. The van der Waals surface area contributed by atoms with Gasteiger partial charge in [0, 0.05) is 11.3 Å². The highest BCUT2D eigenvalue weighted by molar-refractivity contribution is 7.99. The van der Waals surface area contributed by atoms with Crippen LogP contribution in [0.25, 0.3) is 0 Å². The number of thioether (sulfide) groups is 1. The van der Waals surface area contributed by atoms with E-state index in [0.29, 0.717) is 11.3 Å². The minimum absolute atomic E-state index is 0.179.